The standard InChI is InChI=1S/C25H30N4O3/c30-23-17-29(14-13-26-23)22-11-9-18(10-12-22)16-27-24(31)20-7-4-8-21(15-20)28-25(32)19-5-2-1-3-6-19/h4,7-12,15,19H,1-3,5-6,13-14,16-17H2,(H,26,30)(H,27,31)(H,28,32). The summed E-state index contributed by atoms with van der Waals surface area (Å²) < 4.78 is 0. The quantitative estimate of drug-likeness (QED) is 0.652. The number of anilines is 2. The molecule has 2 aliphatic rings. The molecule has 0 radical (unpaired) electrons. The second-order valence-electron chi connectivity index (χ2n) is 8.53. The summed E-state index contributed by atoms with van der Waals surface area (Å²) in [6, 6.07) is 14.9. The molecule has 0 atom stereocenters. The number of benzene rings is 2. The molecule has 168 valence electrons. The van der Waals surface area contributed by atoms with Crippen molar-refractivity contribution >= 4 is 29.1 Å². The first-order valence-corrected chi connectivity index (χ1v) is 11.4. The number of amides is 3. The molecule has 1 heterocycles. The van der Waals surface area contributed by atoms with Gasteiger partial charge in [-0.2, -0.15) is 0 Å². The number of nitrogens with one attached hydrogen (secondary N) is 3. The summed E-state index contributed by atoms with van der Waals surface area (Å²) in [5.74, 6) is -0.0302. The summed E-state index contributed by atoms with van der Waals surface area (Å²) in [4.78, 5) is 38.7. The first-order chi connectivity index (χ1) is 15.6. The number of nitrogens with zero attached hydrogens (tertiary/aromatic N) is 1. The zero-order valence-electron chi connectivity index (χ0n) is 18.2. The Morgan fingerprint density at radius 3 is 2.56 bits per heavy atom. The van der Waals surface area contributed by atoms with E-state index in [0.717, 1.165) is 43.5 Å². The molecule has 0 aromatic heterocycles. The van der Waals surface area contributed by atoms with Crippen LogP contribution in [0.3, 0.4) is 0 Å². The van der Waals surface area contributed by atoms with Crippen LogP contribution in [0.15, 0.2) is 48.5 Å². The highest BCUT2D eigenvalue weighted by Gasteiger charge is 2.21. The van der Waals surface area contributed by atoms with E-state index in [2.05, 4.69) is 16.0 Å². The van der Waals surface area contributed by atoms with Crippen molar-refractivity contribution in [2.24, 2.45) is 5.92 Å². The topological polar surface area (TPSA) is 90.5 Å². The predicted octanol–water partition coefficient (Wildman–Crippen LogP) is 3.07. The molecule has 32 heavy (non-hydrogen) atoms. The summed E-state index contributed by atoms with van der Waals surface area (Å²) in [6.07, 6.45) is 5.30. The van der Waals surface area contributed by atoms with Crippen LogP contribution in [-0.4, -0.2) is 37.4 Å². The van der Waals surface area contributed by atoms with E-state index < -0.39 is 0 Å². The van der Waals surface area contributed by atoms with Gasteiger partial charge >= 0.3 is 0 Å². The SMILES string of the molecule is O=C1CN(c2ccc(CNC(=O)c3cccc(NC(=O)C4CCCCC4)c3)cc2)CCN1. The van der Waals surface area contributed by atoms with Crippen molar-refractivity contribution in [2.45, 2.75) is 38.6 Å². The summed E-state index contributed by atoms with van der Waals surface area (Å²) in [6.45, 7) is 2.20. The second kappa shape index (κ2) is 10.3. The largest absolute Gasteiger partial charge is 0.360 e. The molecule has 1 aliphatic carbocycles. The predicted molar refractivity (Wildman–Crippen MR) is 124 cm³/mol. The summed E-state index contributed by atoms with van der Waals surface area (Å²) in [7, 11) is 0. The molecule has 7 heteroatoms. The molecule has 2 fully saturated rings. The Balaban J connectivity index is 1.30. The van der Waals surface area contributed by atoms with Gasteiger partial charge in [-0.25, -0.2) is 0 Å². The smallest absolute Gasteiger partial charge is 0.251 e. The minimum Gasteiger partial charge on any atom is -0.360 e. The zero-order chi connectivity index (χ0) is 22.3. The summed E-state index contributed by atoms with van der Waals surface area (Å²) >= 11 is 0. The lowest BCUT2D eigenvalue weighted by Gasteiger charge is -2.28. The van der Waals surface area contributed by atoms with Crippen molar-refractivity contribution < 1.29 is 14.4 Å². The first-order valence-electron chi connectivity index (χ1n) is 11.4. The van der Waals surface area contributed by atoms with Crippen molar-refractivity contribution in [3.8, 4) is 0 Å². The van der Waals surface area contributed by atoms with Crippen molar-refractivity contribution in [3.05, 3.63) is 59.7 Å². The zero-order valence-corrected chi connectivity index (χ0v) is 18.2. The van der Waals surface area contributed by atoms with Gasteiger partial charge < -0.3 is 20.9 Å². The third kappa shape index (κ3) is 5.66. The van der Waals surface area contributed by atoms with E-state index in [1.165, 1.54) is 6.42 Å². The van der Waals surface area contributed by atoms with E-state index in [1.54, 1.807) is 18.2 Å². The number of carbonyl (C=O) groups excluding carboxylic acids is 3. The van der Waals surface area contributed by atoms with E-state index in [4.69, 9.17) is 0 Å². The Hall–Kier alpha value is -3.35. The van der Waals surface area contributed by atoms with Gasteiger partial charge in [0.25, 0.3) is 5.91 Å². The van der Waals surface area contributed by atoms with Crippen molar-refractivity contribution in [2.75, 3.05) is 29.9 Å². The maximum Gasteiger partial charge on any atom is 0.251 e. The molecular formula is C25H30N4O3. The van der Waals surface area contributed by atoms with Crippen molar-refractivity contribution in [3.63, 3.8) is 0 Å². The molecular weight excluding hydrogens is 404 g/mol. The first kappa shape index (κ1) is 21.9. The van der Waals surface area contributed by atoms with Gasteiger partial charge in [-0.3, -0.25) is 14.4 Å². The van der Waals surface area contributed by atoms with Gasteiger partial charge in [-0.15, -0.1) is 0 Å². The highest BCUT2D eigenvalue weighted by molar-refractivity contribution is 5.97. The van der Waals surface area contributed by atoms with Crippen LogP contribution in [0.1, 0.15) is 48.0 Å². The Morgan fingerprint density at radius 2 is 1.81 bits per heavy atom. The number of hydrogen-bond donors (Lipinski definition) is 3. The third-order valence-corrected chi connectivity index (χ3v) is 6.16. The average Bonchev–Trinajstić information content (AvgIpc) is 2.83. The molecule has 1 saturated carbocycles. The van der Waals surface area contributed by atoms with Crippen LogP contribution in [0.2, 0.25) is 0 Å². The Bertz CT molecular complexity index is 967. The fourth-order valence-corrected chi connectivity index (χ4v) is 4.32. The van der Waals surface area contributed by atoms with Crippen LogP contribution in [0.5, 0.6) is 0 Å². The van der Waals surface area contributed by atoms with Crippen LogP contribution in [0.4, 0.5) is 11.4 Å². The highest BCUT2D eigenvalue weighted by atomic mass is 16.2. The Labute approximate surface area is 188 Å². The average molecular weight is 435 g/mol. The third-order valence-electron chi connectivity index (χ3n) is 6.16. The fraction of sp³-hybridized carbons (Fsp3) is 0.400. The highest BCUT2D eigenvalue weighted by Crippen LogP contribution is 2.25. The van der Waals surface area contributed by atoms with E-state index in [0.29, 0.717) is 30.9 Å². The van der Waals surface area contributed by atoms with Gasteiger partial charge in [0.1, 0.15) is 0 Å². The van der Waals surface area contributed by atoms with Crippen molar-refractivity contribution in [1.82, 2.24) is 10.6 Å². The molecule has 1 aliphatic heterocycles. The summed E-state index contributed by atoms with van der Waals surface area (Å²) in [5.41, 5.74) is 3.15. The molecule has 3 amide bonds. The number of rotatable bonds is 6. The van der Waals surface area contributed by atoms with Gasteiger partial charge in [0.2, 0.25) is 11.8 Å². The van der Waals surface area contributed by atoms with E-state index in [1.807, 2.05) is 35.2 Å². The maximum absolute atomic E-state index is 12.6. The van der Waals surface area contributed by atoms with Gasteiger partial charge in [-0.05, 0) is 48.7 Å². The molecule has 1 saturated heterocycles. The Morgan fingerprint density at radius 1 is 1.03 bits per heavy atom. The van der Waals surface area contributed by atoms with Crippen molar-refractivity contribution in [1.29, 1.82) is 0 Å². The Kier molecular flexibility index (Phi) is 7.04. The van der Waals surface area contributed by atoms with Gasteiger partial charge in [0.15, 0.2) is 0 Å². The number of hydrogen-bond acceptors (Lipinski definition) is 4. The van der Waals surface area contributed by atoms with Gasteiger partial charge in [0.05, 0.1) is 6.54 Å². The molecule has 3 N–H and O–H groups in total. The minimum atomic E-state index is -0.185. The second-order valence-corrected chi connectivity index (χ2v) is 8.53. The molecule has 2 aromatic rings. The van der Waals surface area contributed by atoms with Gasteiger partial charge in [-0.1, -0.05) is 37.5 Å². The van der Waals surface area contributed by atoms with E-state index in [9.17, 15) is 14.4 Å². The monoisotopic (exact) mass is 434 g/mol. The molecule has 0 bridgehead atoms. The molecule has 7 nitrogen and oxygen atoms in total. The normalized spacial score (nSPS) is 16.9. The molecule has 0 unspecified atom stereocenters. The van der Waals surface area contributed by atoms with Crippen LogP contribution in [-0.2, 0) is 16.1 Å². The lowest BCUT2D eigenvalue weighted by atomic mass is 9.88. The molecule has 4 rings (SSSR count). The van der Waals surface area contributed by atoms with Gasteiger partial charge in [0, 0.05) is 42.5 Å². The summed E-state index contributed by atoms with van der Waals surface area (Å²) in [5, 5.41) is 8.73. The fourth-order valence-electron chi connectivity index (χ4n) is 4.32. The number of piperazine rings is 1. The van der Waals surface area contributed by atoms with E-state index >= 15 is 0 Å². The van der Waals surface area contributed by atoms with Crippen LogP contribution >= 0.6 is 0 Å². The van der Waals surface area contributed by atoms with Crippen LogP contribution < -0.4 is 20.9 Å². The minimum absolute atomic E-state index is 0.0322. The maximum atomic E-state index is 12.6. The molecule has 2 aromatic carbocycles. The molecule has 0 spiro atoms. The van der Waals surface area contributed by atoms with Crippen LogP contribution in [0, 0.1) is 5.92 Å². The lowest BCUT2D eigenvalue weighted by molar-refractivity contribution is -0.121. The van der Waals surface area contributed by atoms with Crippen LogP contribution in [0.25, 0.3) is 0 Å². The van der Waals surface area contributed by atoms with E-state index in [-0.39, 0.29) is 23.6 Å². The lowest BCUT2D eigenvalue weighted by Crippen LogP contribution is -2.47. The number of carbonyl (C=O) groups is 3.